The predicted octanol–water partition coefficient (Wildman–Crippen LogP) is 3.57. The summed E-state index contributed by atoms with van der Waals surface area (Å²) in [4.78, 5) is 14.1. The quantitative estimate of drug-likeness (QED) is 0.637. The minimum Gasteiger partial charge on any atom is -0.466 e. The van der Waals surface area contributed by atoms with Crippen molar-refractivity contribution in [2.75, 3.05) is 19.7 Å². The minimum atomic E-state index is -0.354. The molecule has 2 atom stereocenters. The molecular weight excluding hydrogens is 352 g/mol. The van der Waals surface area contributed by atoms with Crippen LogP contribution in [0.15, 0.2) is 48.5 Å². The van der Waals surface area contributed by atoms with E-state index in [-0.39, 0.29) is 18.1 Å². The molecular formula is C23H28N2O3. The molecule has 0 radical (unpaired) electrons. The number of aromatic nitrogens is 1. The third-order valence-electron chi connectivity index (χ3n) is 5.72. The lowest BCUT2D eigenvalue weighted by Gasteiger charge is -2.23. The number of fused-ring (bicyclic) bond motifs is 3. The van der Waals surface area contributed by atoms with Crippen molar-refractivity contribution in [2.45, 2.75) is 44.9 Å². The van der Waals surface area contributed by atoms with Gasteiger partial charge in [-0.15, -0.1) is 0 Å². The highest BCUT2D eigenvalue weighted by Crippen LogP contribution is 2.29. The largest absolute Gasteiger partial charge is 0.466 e. The van der Waals surface area contributed by atoms with Gasteiger partial charge in [-0.25, -0.2) is 0 Å². The standard InChI is InChI=1S/C23H28N2O3/c1-2-28-23(27)15-17-14-18(26)16-24(17)12-7-13-25-21-10-5-3-8-19(21)20-9-4-6-11-22(20)25/h3-6,8-11,17-18,26H,2,7,12-16H2,1H3/t17-,18-/m1/s1. The van der Waals surface area contributed by atoms with Crippen LogP contribution in [0.25, 0.3) is 21.8 Å². The number of carbonyl (C=O) groups excluding carboxylic acids is 1. The van der Waals surface area contributed by atoms with Gasteiger partial charge >= 0.3 is 5.97 Å². The van der Waals surface area contributed by atoms with E-state index in [9.17, 15) is 9.90 Å². The summed E-state index contributed by atoms with van der Waals surface area (Å²) in [5.41, 5.74) is 2.52. The van der Waals surface area contributed by atoms with Crippen molar-refractivity contribution < 1.29 is 14.6 Å². The molecule has 0 amide bonds. The van der Waals surface area contributed by atoms with Crippen molar-refractivity contribution in [2.24, 2.45) is 0 Å². The highest BCUT2D eigenvalue weighted by molar-refractivity contribution is 6.07. The lowest BCUT2D eigenvalue weighted by atomic mass is 10.1. The van der Waals surface area contributed by atoms with Crippen LogP contribution < -0.4 is 0 Å². The number of carbonyl (C=O) groups is 1. The predicted molar refractivity (Wildman–Crippen MR) is 111 cm³/mol. The van der Waals surface area contributed by atoms with E-state index in [1.54, 1.807) is 0 Å². The van der Waals surface area contributed by atoms with E-state index in [0.717, 1.165) is 19.5 Å². The summed E-state index contributed by atoms with van der Waals surface area (Å²) in [6, 6.07) is 17.1. The number of benzene rings is 2. The maximum atomic E-state index is 11.9. The lowest BCUT2D eigenvalue weighted by molar-refractivity contribution is -0.144. The first-order chi connectivity index (χ1) is 13.7. The van der Waals surface area contributed by atoms with Gasteiger partial charge in [0, 0.05) is 47.5 Å². The third kappa shape index (κ3) is 3.77. The number of aliphatic hydroxyl groups excluding tert-OH is 1. The molecule has 4 rings (SSSR count). The Hall–Kier alpha value is -2.37. The van der Waals surface area contributed by atoms with Crippen molar-refractivity contribution in [1.29, 1.82) is 0 Å². The van der Waals surface area contributed by atoms with Crippen molar-refractivity contribution in [1.82, 2.24) is 9.47 Å². The van der Waals surface area contributed by atoms with Gasteiger partial charge in [0.1, 0.15) is 0 Å². The molecule has 0 unspecified atom stereocenters. The molecule has 1 aliphatic rings. The highest BCUT2D eigenvalue weighted by Gasteiger charge is 2.32. The molecule has 1 aromatic heterocycles. The first-order valence-electron chi connectivity index (χ1n) is 10.2. The van der Waals surface area contributed by atoms with Gasteiger partial charge in [0.2, 0.25) is 0 Å². The topological polar surface area (TPSA) is 54.7 Å². The zero-order valence-electron chi connectivity index (χ0n) is 16.4. The number of rotatable bonds is 7. The summed E-state index contributed by atoms with van der Waals surface area (Å²) >= 11 is 0. The second kappa shape index (κ2) is 8.33. The van der Waals surface area contributed by atoms with Gasteiger partial charge in [0.25, 0.3) is 0 Å². The van der Waals surface area contributed by atoms with Gasteiger partial charge < -0.3 is 14.4 Å². The molecule has 2 heterocycles. The number of aryl methyl sites for hydroxylation is 1. The highest BCUT2D eigenvalue weighted by atomic mass is 16.5. The summed E-state index contributed by atoms with van der Waals surface area (Å²) < 4.78 is 7.48. The van der Waals surface area contributed by atoms with E-state index < -0.39 is 0 Å². The van der Waals surface area contributed by atoms with Crippen LogP contribution in [0.4, 0.5) is 0 Å². The molecule has 148 valence electrons. The van der Waals surface area contributed by atoms with E-state index in [1.807, 2.05) is 6.92 Å². The molecule has 0 spiro atoms. The number of hydrogen-bond acceptors (Lipinski definition) is 4. The Labute approximate surface area is 165 Å². The van der Waals surface area contributed by atoms with Gasteiger partial charge in [-0.1, -0.05) is 36.4 Å². The minimum absolute atomic E-state index is 0.0761. The van der Waals surface area contributed by atoms with Crippen LogP contribution in [0.3, 0.4) is 0 Å². The van der Waals surface area contributed by atoms with E-state index in [0.29, 0.717) is 26.0 Å². The number of likely N-dealkylation sites (tertiary alicyclic amines) is 1. The molecule has 28 heavy (non-hydrogen) atoms. The number of aliphatic hydroxyl groups is 1. The number of nitrogens with zero attached hydrogens (tertiary/aromatic N) is 2. The summed E-state index contributed by atoms with van der Waals surface area (Å²) in [6.07, 6.45) is 1.62. The van der Waals surface area contributed by atoms with Gasteiger partial charge in [-0.2, -0.15) is 0 Å². The Morgan fingerprint density at radius 2 is 1.71 bits per heavy atom. The maximum absolute atomic E-state index is 11.9. The number of hydrogen-bond donors (Lipinski definition) is 1. The van der Waals surface area contributed by atoms with Crippen LogP contribution in [-0.2, 0) is 16.1 Å². The number of para-hydroxylation sites is 2. The third-order valence-corrected chi connectivity index (χ3v) is 5.72. The molecule has 1 saturated heterocycles. The molecule has 0 saturated carbocycles. The van der Waals surface area contributed by atoms with Gasteiger partial charge in [0.05, 0.1) is 19.1 Å². The molecule has 0 bridgehead atoms. The normalized spacial score (nSPS) is 20.2. The van der Waals surface area contributed by atoms with Gasteiger partial charge in [0.15, 0.2) is 0 Å². The van der Waals surface area contributed by atoms with Crippen LogP contribution in [0.1, 0.15) is 26.2 Å². The zero-order chi connectivity index (χ0) is 19.5. The second-order valence-electron chi connectivity index (χ2n) is 7.59. The fourth-order valence-electron chi connectivity index (χ4n) is 4.53. The second-order valence-corrected chi connectivity index (χ2v) is 7.59. The smallest absolute Gasteiger partial charge is 0.307 e. The maximum Gasteiger partial charge on any atom is 0.307 e. The zero-order valence-corrected chi connectivity index (χ0v) is 16.4. The Balaban J connectivity index is 1.46. The Kier molecular flexibility index (Phi) is 5.64. The lowest BCUT2D eigenvalue weighted by Crippen LogP contribution is -2.33. The number of esters is 1. The van der Waals surface area contributed by atoms with E-state index in [4.69, 9.17) is 4.74 Å². The Morgan fingerprint density at radius 1 is 1.07 bits per heavy atom. The Bertz CT molecular complexity index is 912. The molecule has 1 fully saturated rings. The van der Waals surface area contributed by atoms with Crippen LogP contribution in [0.5, 0.6) is 0 Å². The van der Waals surface area contributed by atoms with E-state index in [1.165, 1.54) is 21.8 Å². The fourth-order valence-corrected chi connectivity index (χ4v) is 4.53. The fraction of sp³-hybridized carbons (Fsp3) is 0.435. The van der Waals surface area contributed by atoms with Crippen LogP contribution in [0.2, 0.25) is 0 Å². The van der Waals surface area contributed by atoms with Crippen LogP contribution >= 0.6 is 0 Å². The first-order valence-corrected chi connectivity index (χ1v) is 10.2. The van der Waals surface area contributed by atoms with Gasteiger partial charge in [-0.05, 0) is 31.9 Å². The van der Waals surface area contributed by atoms with Crippen LogP contribution in [0, 0.1) is 0 Å². The van der Waals surface area contributed by atoms with Crippen molar-refractivity contribution in [3.8, 4) is 0 Å². The first kappa shape index (κ1) is 19.0. The van der Waals surface area contributed by atoms with E-state index in [2.05, 4.69) is 58.0 Å². The van der Waals surface area contributed by atoms with E-state index >= 15 is 0 Å². The number of β-amino-alcohol motifs (C(OH)–C–C–N with tert-alkyl or cyclic N) is 1. The molecule has 1 N–H and O–H groups in total. The van der Waals surface area contributed by atoms with Crippen molar-refractivity contribution in [3.05, 3.63) is 48.5 Å². The monoisotopic (exact) mass is 380 g/mol. The van der Waals surface area contributed by atoms with Crippen LogP contribution in [-0.4, -0.2) is 52.4 Å². The molecule has 1 aliphatic heterocycles. The molecule has 3 aromatic rings. The Morgan fingerprint density at radius 3 is 2.36 bits per heavy atom. The molecule has 0 aliphatic carbocycles. The summed E-state index contributed by atoms with van der Waals surface area (Å²) in [5.74, 6) is -0.172. The average molecular weight is 380 g/mol. The summed E-state index contributed by atoms with van der Waals surface area (Å²) in [7, 11) is 0. The summed E-state index contributed by atoms with van der Waals surface area (Å²) in [5, 5.41) is 12.7. The summed E-state index contributed by atoms with van der Waals surface area (Å²) in [6.45, 7) is 4.64. The van der Waals surface area contributed by atoms with Crippen molar-refractivity contribution >= 4 is 27.8 Å². The molecule has 5 nitrogen and oxygen atoms in total. The van der Waals surface area contributed by atoms with Gasteiger partial charge in [-0.3, -0.25) is 9.69 Å². The number of ether oxygens (including phenoxy) is 1. The molecule has 5 heteroatoms. The SMILES string of the molecule is CCOC(=O)C[C@H]1C[C@@H](O)CN1CCCn1c2ccccc2c2ccccc21. The average Bonchev–Trinajstić information content (AvgIpc) is 3.20. The molecule has 2 aromatic carbocycles. The van der Waals surface area contributed by atoms with Crippen molar-refractivity contribution in [3.63, 3.8) is 0 Å².